The number of hydrogen-bond acceptors (Lipinski definition) is 12. The van der Waals surface area contributed by atoms with Crippen LogP contribution in [0.2, 0.25) is 0 Å². The number of nitrogens with one attached hydrogen (secondary N) is 1. The molecule has 5 aliphatic rings. The Morgan fingerprint density at radius 2 is 1.35 bits per heavy atom. The van der Waals surface area contributed by atoms with Crippen LogP contribution in [0.5, 0.6) is 11.5 Å². The molecule has 15 nitrogen and oxygen atoms in total. The van der Waals surface area contributed by atoms with E-state index in [-0.39, 0.29) is 24.8 Å². The van der Waals surface area contributed by atoms with Crippen LogP contribution in [0.25, 0.3) is 22.3 Å². The lowest BCUT2D eigenvalue weighted by Gasteiger charge is -2.42. The van der Waals surface area contributed by atoms with Gasteiger partial charge in [0.15, 0.2) is 5.65 Å². The topological polar surface area (TPSA) is 172 Å². The molecule has 4 fully saturated rings. The molecule has 7 heterocycles. The number of nitrogen functional groups attached to an aromatic ring is 1. The van der Waals surface area contributed by atoms with E-state index in [1.165, 1.54) is 19.2 Å². The lowest BCUT2D eigenvalue weighted by atomic mass is 9.88. The minimum Gasteiger partial charge on any atom is -0.457 e. The van der Waals surface area contributed by atoms with Gasteiger partial charge in [-0.15, -0.1) is 0 Å². The van der Waals surface area contributed by atoms with Gasteiger partial charge < -0.3 is 25.2 Å². The maximum atomic E-state index is 13.4. The van der Waals surface area contributed by atoms with Crippen molar-refractivity contribution in [1.29, 1.82) is 0 Å². The molecule has 0 saturated carbocycles. The SMILES string of the molecule is Nc1ncnc2c1c(-c1ccc(Oc3ccccc3)cc1)nn2C1CCN(C2CCN(CCN3CCC(c4ccc5c(c4)C(=O)N(C4CCC(=O)NC4=O)C5=O)CC3)CC2)CC1. The highest BCUT2D eigenvalue weighted by Gasteiger charge is 2.45. The van der Waals surface area contributed by atoms with Gasteiger partial charge in [0.1, 0.15) is 35.4 Å². The maximum Gasteiger partial charge on any atom is 0.262 e. The normalized spacial score (nSPS) is 21.5. The predicted octanol–water partition coefficient (Wildman–Crippen LogP) is 5.25. The molecule has 10 rings (SSSR count). The summed E-state index contributed by atoms with van der Waals surface area (Å²) < 4.78 is 8.11. The number of nitrogens with two attached hydrogens (primary N) is 1. The fourth-order valence-electron chi connectivity index (χ4n) is 10.3. The Hall–Kier alpha value is -6.03. The van der Waals surface area contributed by atoms with Crippen LogP contribution in [0.4, 0.5) is 5.82 Å². The Labute approximate surface area is 360 Å². The third-order valence-corrected chi connectivity index (χ3v) is 13.8. The van der Waals surface area contributed by atoms with Gasteiger partial charge in [-0.25, -0.2) is 14.6 Å². The van der Waals surface area contributed by atoms with E-state index in [4.69, 9.17) is 15.6 Å². The number of likely N-dealkylation sites (tertiary alicyclic amines) is 3. The first-order valence-electron chi connectivity index (χ1n) is 22.1. The molecule has 320 valence electrons. The van der Waals surface area contributed by atoms with Crippen molar-refractivity contribution in [2.24, 2.45) is 0 Å². The highest BCUT2D eigenvalue weighted by Crippen LogP contribution is 2.37. The molecule has 1 atom stereocenters. The Kier molecular flexibility index (Phi) is 11.0. The van der Waals surface area contributed by atoms with E-state index in [0.717, 1.165) is 122 Å². The predicted molar refractivity (Wildman–Crippen MR) is 233 cm³/mol. The standard InChI is InChI=1S/C47H52N10O5/c48-43-41-42(31-6-9-36(10-7-31)62-35-4-2-1-3-5-35)52-57(44(41)50-29-49-43)34-18-24-55(25-19-34)33-16-22-54(23-17-33)27-26-53-20-14-30(15-21-53)32-8-11-37-38(28-32)47(61)56(46(37)60)39-12-13-40(58)51-45(39)59/h1-11,28-30,33-34,39H,12-27H2,(H2,48,49,50)(H,51,58,59). The summed E-state index contributed by atoms with van der Waals surface area (Å²) in [6.07, 6.45) is 8.13. The molecule has 5 aromatic rings. The van der Waals surface area contributed by atoms with E-state index in [0.29, 0.717) is 28.9 Å². The maximum absolute atomic E-state index is 13.4. The van der Waals surface area contributed by atoms with Crippen LogP contribution in [-0.2, 0) is 9.59 Å². The van der Waals surface area contributed by atoms with Crippen LogP contribution >= 0.6 is 0 Å². The van der Waals surface area contributed by atoms with Crippen LogP contribution in [0.15, 0.2) is 79.1 Å². The Morgan fingerprint density at radius 1 is 0.694 bits per heavy atom. The smallest absolute Gasteiger partial charge is 0.262 e. The van der Waals surface area contributed by atoms with Gasteiger partial charge >= 0.3 is 0 Å². The van der Waals surface area contributed by atoms with Crippen LogP contribution in [0.3, 0.4) is 0 Å². The second-order valence-corrected chi connectivity index (χ2v) is 17.4. The number of piperidine rings is 4. The molecular weight excluding hydrogens is 785 g/mol. The number of carbonyl (C=O) groups is 4. The van der Waals surface area contributed by atoms with E-state index < -0.39 is 23.8 Å². The minimum absolute atomic E-state index is 0.109. The molecule has 3 N–H and O–H groups in total. The number of para-hydroxylation sites is 1. The third-order valence-electron chi connectivity index (χ3n) is 13.8. The van der Waals surface area contributed by atoms with Gasteiger partial charge in [0.25, 0.3) is 11.8 Å². The summed E-state index contributed by atoms with van der Waals surface area (Å²) >= 11 is 0. The van der Waals surface area contributed by atoms with Gasteiger partial charge in [0.2, 0.25) is 11.8 Å². The number of anilines is 1. The van der Waals surface area contributed by atoms with Gasteiger partial charge in [-0.1, -0.05) is 24.3 Å². The number of hydrogen-bond donors (Lipinski definition) is 2. The first-order chi connectivity index (χ1) is 30.3. The van der Waals surface area contributed by atoms with Crippen molar-refractivity contribution in [2.75, 3.05) is 58.1 Å². The van der Waals surface area contributed by atoms with Crippen molar-refractivity contribution in [2.45, 2.75) is 75.4 Å². The van der Waals surface area contributed by atoms with Crippen molar-refractivity contribution in [3.05, 3.63) is 95.8 Å². The van der Waals surface area contributed by atoms with E-state index in [1.807, 2.05) is 66.7 Å². The van der Waals surface area contributed by atoms with Crippen LogP contribution in [-0.4, -0.2) is 127 Å². The van der Waals surface area contributed by atoms with Gasteiger partial charge in [-0.05, 0) is 131 Å². The van der Waals surface area contributed by atoms with E-state index >= 15 is 0 Å². The van der Waals surface area contributed by atoms with Crippen molar-refractivity contribution in [3.63, 3.8) is 0 Å². The highest BCUT2D eigenvalue weighted by molar-refractivity contribution is 6.23. The minimum atomic E-state index is -0.949. The number of benzene rings is 3. The van der Waals surface area contributed by atoms with Crippen molar-refractivity contribution in [1.82, 2.24) is 44.7 Å². The molecule has 0 radical (unpaired) electrons. The zero-order chi connectivity index (χ0) is 42.3. The van der Waals surface area contributed by atoms with Gasteiger partial charge in [0, 0.05) is 44.2 Å². The van der Waals surface area contributed by atoms with E-state index in [2.05, 4.69) is 34.7 Å². The number of fused-ring (bicyclic) bond motifs is 2. The zero-order valence-electron chi connectivity index (χ0n) is 34.8. The van der Waals surface area contributed by atoms with Crippen LogP contribution in [0.1, 0.15) is 89.6 Å². The summed E-state index contributed by atoms with van der Waals surface area (Å²) in [5.41, 5.74) is 10.7. The monoisotopic (exact) mass is 836 g/mol. The lowest BCUT2D eigenvalue weighted by molar-refractivity contribution is -0.136. The second kappa shape index (κ2) is 17.0. The number of nitrogens with zero attached hydrogens (tertiary/aromatic N) is 8. The summed E-state index contributed by atoms with van der Waals surface area (Å²) in [5.74, 6) is 0.416. The molecule has 5 aliphatic heterocycles. The van der Waals surface area contributed by atoms with Crippen molar-refractivity contribution >= 4 is 40.5 Å². The summed E-state index contributed by atoms with van der Waals surface area (Å²) in [5, 5.41) is 8.20. The third kappa shape index (κ3) is 7.84. The molecule has 15 heteroatoms. The van der Waals surface area contributed by atoms with E-state index in [9.17, 15) is 19.2 Å². The van der Waals surface area contributed by atoms with Gasteiger partial charge in [0.05, 0.1) is 22.6 Å². The van der Waals surface area contributed by atoms with Crippen molar-refractivity contribution in [3.8, 4) is 22.8 Å². The zero-order valence-corrected chi connectivity index (χ0v) is 34.8. The number of aromatic nitrogens is 4. The number of imide groups is 2. The number of carbonyl (C=O) groups excluding carboxylic acids is 4. The first-order valence-corrected chi connectivity index (χ1v) is 22.1. The largest absolute Gasteiger partial charge is 0.457 e. The fourth-order valence-corrected chi connectivity index (χ4v) is 10.3. The second-order valence-electron chi connectivity index (χ2n) is 17.4. The Bertz CT molecular complexity index is 2490. The Morgan fingerprint density at radius 3 is 2.06 bits per heavy atom. The average molecular weight is 837 g/mol. The molecular formula is C47H52N10O5. The molecule has 4 saturated heterocycles. The number of amides is 4. The molecule has 1 unspecified atom stereocenters. The van der Waals surface area contributed by atoms with Gasteiger partial charge in [-0.3, -0.25) is 29.4 Å². The molecule has 62 heavy (non-hydrogen) atoms. The Balaban J connectivity index is 0.684. The summed E-state index contributed by atoms with van der Waals surface area (Å²) in [7, 11) is 0. The highest BCUT2D eigenvalue weighted by atomic mass is 16.5. The fraction of sp³-hybridized carbons (Fsp3) is 0.426. The quantitative estimate of drug-likeness (QED) is 0.176. The number of rotatable bonds is 10. The lowest BCUT2D eigenvalue weighted by Crippen LogP contribution is -2.54. The van der Waals surface area contributed by atoms with Crippen molar-refractivity contribution < 1.29 is 23.9 Å². The summed E-state index contributed by atoms with van der Waals surface area (Å²) in [6.45, 7) is 8.36. The average Bonchev–Trinajstić information content (AvgIpc) is 3.81. The van der Waals surface area contributed by atoms with Crippen LogP contribution in [0, 0.1) is 0 Å². The van der Waals surface area contributed by atoms with Crippen LogP contribution < -0.4 is 15.8 Å². The first kappa shape index (κ1) is 40.1. The van der Waals surface area contributed by atoms with E-state index in [1.54, 1.807) is 6.07 Å². The summed E-state index contributed by atoms with van der Waals surface area (Å²) in [4.78, 5) is 68.6. The molecule has 3 aromatic carbocycles. The molecule has 2 aromatic heterocycles. The molecule has 0 bridgehead atoms. The number of ether oxygens (including phenoxy) is 1. The van der Waals surface area contributed by atoms with Gasteiger partial charge in [-0.2, -0.15) is 5.10 Å². The molecule has 4 amide bonds. The summed E-state index contributed by atoms with van der Waals surface area (Å²) in [6, 6.07) is 23.1. The molecule has 0 spiro atoms. The molecule has 0 aliphatic carbocycles.